The highest BCUT2D eigenvalue weighted by atomic mass is 35.5. The lowest BCUT2D eigenvalue weighted by Gasteiger charge is -2.13. The number of hydrogen-bond donors (Lipinski definition) is 1. The van der Waals surface area contributed by atoms with Gasteiger partial charge in [0.05, 0.1) is 28.7 Å². The topological polar surface area (TPSA) is 104 Å². The third kappa shape index (κ3) is 5.19. The molecule has 1 aromatic heterocycles. The first-order valence-electron chi connectivity index (χ1n) is 12.2. The normalized spacial score (nSPS) is 14.2. The number of fused-ring (bicyclic) bond motifs is 1. The Morgan fingerprint density at radius 1 is 1.12 bits per heavy atom. The largest absolute Gasteiger partial charge is 0.495 e. The number of rotatable bonds is 7. The van der Waals surface area contributed by atoms with Crippen molar-refractivity contribution in [3.05, 3.63) is 99.0 Å². The number of nitrogens with zero attached hydrogens (tertiary/aromatic N) is 3. The maximum absolute atomic E-state index is 13.2. The summed E-state index contributed by atoms with van der Waals surface area (Å²) in [6, 6.07) is 22.2. The molecule has 3 aromatic carbocycles. The van der Waals surface area contributed by atoms with Crippen LogP contribution in [0.2, 0.25) is 5.02 Å². The summed E-state index contributed by atoms with van der Waals surface area (Å²) in [6.07, 6.45) is 1.70. The zero-order chi connectivity index (χ0) is 28.4. The van der Waals surface area contributed by atoms with Crippen LogP contribution in [0.5, 0.6) is 5.75 Å². The molecule has 5 rings (SSSR count). The highest BCUT2D eigenvalue weighted by Crippen LogP contribution is 2.36. The molecule has 1 aliphatic rings. The minimum Gasteiger partial charge on any atom is -0.495 e. The molecule has 4 aromatic rings. The van der Waals surface area contributed by atoms with Crippen molar-refractivity contribution >= 4 is 63.1 Å². The molecule has 3 amide bonds. The van der Waals surface area contributed by atoms with E-state index in [4.69, 9.17) is 16.3 Å². The zero-order valence-corrected chi connectivity index (χ0v) is 23.2. The first-order valence-corrected chi connectivity index (χ1v) is 13.4. The molecule has 200 valence electrons. The Labute approximate surface area is 239 Å². The summed E-state index contributed by atoms with van der Waals surface area (Å²) < 4.78 is 7.20. The van der Waals surface area contributed by atoms with Gasteiger partial charge in [-0.1, -0.05) is 48.0 Å². The van der Waals surface area contributed by atoms with Crippen LogP contribution < -0.4 is 10.1 Å². The highest BCUT2D eigenvalue weighted by molar-refractivity contribution is 8.18. The van der Waals surface area contributed by atoms with Crippen LogP contribution in [-0.4, -0.2) is 40.2 Å². The number of carbonyl (C=O) groups is 3. The SMILES string of the molecule is COc1ccc(NC(=O)CN2C(=O)S/C(=C\c3c(C)n(Cc4ccccc4C#N)c4ccccc34)C2=O)cc1Cl. The van der Waals surface area contributed by atoms with Crippen LogP contribution in [-0.2, 0) is 16.1 Å². The molecule has 10 heteroatoms. The van der Waals surface area contributed by atoms with Crippen molar-refractivity contribution in [1.29, 1.82) is 5.26 Å². The predicted octanol–water partition coefficient (Wildman–Crippen LogP) is 6.21. The molecule has 0 spiro atoms. The average molecular weight is 571 g/mol. The highest BCUT2D eigenvalue weighted by Gasteiger charge is 2.36. The average Bonchev–Trinajstić information content (AvgIpc) is 3.36. The van der Waals surface area contributed by atoms with Crippen molar-refractivity contribution in [1.82, 2.24) is 9.47 Å². The second kappa shape index (κ2) is 11.3. The molecule has 0 bridgehead atoms. The van der Waals surface area contributed by atoms with E-state index < -0.39 is 23.6 Å². The van der Waals surface area contributed by atoms with Gasteiger partial charge in [0.15, 0.2) is 0 Å². The van der Waals surface area contributed by atoms with Gasteiger partial charge < -0.3 is 14.6 Å². The van der Waals surface area contributed by atoms with Crippen LogP contribution in [0.25, 0.3) is 17.0 Å². The number of nitriles is 1. The fourth-order valence-corrected chi connectivity index (χ4v) is 5.71. The van der Waals surface area contributed by atoms with Crippen molar-refractivity contribution in [2.45, 2.75) is 13.5 Å². The van der Waals surface area contributed by atoms with Gasteiger partial charge in [0.25, 0.3) is 11.1 Å². The predicted molar refractivity (Wildman–Crippen MR) is 156 cm³/mol. The fourth-order valence-electron chi connectivity index (χ4n) is 4.64. The summed E-state index contributed by atoms with van der Waals surface area (Å²) in [5.74, 6) is -0.612. The van der Waals surface area contributed by atoms with Crippen LogP contribution in [0.1, 0.15) is 22.4 Å². The molecule has 0 unspecified atom stereocenters. The van der Waals surface area contributed by atoms with Gasteiger partial charge in [0.2, 0.25) is 5.91 Å². The summed E-state index contributed by atoms with van der Waals surface area (Å²) in [5.41, 5.74) is 4.51. The Morgan fingerprint density at radius 2 is 1.88 bits per heavy atom. The summed E-state index contributed by atoms with van der Waals surface area (Å²) in [5, 5.41) is 12.9. The number of thioether (sulfide) groups is 1. The molecule has 8 nitrogen and oxygen atoms in total. The van der Waals surface area contributed by atoms with E-state index in [9.17, 15) is 19.6 Å². The summed E-state index contributed by atoms with van der Waals surface area (Å²) in [7, 11) is 1.49. The number of halogens is 1. The monoisotopic (exact) mass is 570 g/mol. The van der Waals surface area contributed by atoms with Gasteiger partial charge in [-0.25, -0.2) is 0 Å². The number of hydrogen-bond acceptors (Lipinski definition) is 6. The summed E-state index contributed by atoms with van der Waals surface area (Å²) in [4.78, 5) is 39.8. The fraction of sp³-hybridized carbons (Fsp3) is 0.133. The lowest BCUT2D eigenvalue weighted by atomic mass is 10.1. The lowest BCUT2D eigenvalue weighted by Crippen LogP contribution is -2.36. The molecular formula is C30H23ClN4O4S. The van der Waals surface area contributed by atoms with Gasteiger partial charge in [-0.05, 0) is 60.7 Å². The van der Waals surface area contributed by atoms with Gasteiger partial charge in [-0.3, -0.25) is 19.3 Å². The Bertz CT molecular complexity index is 1750. The first-order chi connectivity index (χ1) is 19.3. The molecular weight excluding hydrogens is 548 g/mol. The van der Waals surface area contributed by atoms with E-state index in [1.165, 1.54) is 13.2 Å². The van der Waals surface area contributed by atoms with E-state index in [1.54, 1.807) is 24.3 Å². The zero-order valence-electron chi connectivity index (χ0n) is 21.6. The van der Waals surface area contributed by atoms with E-state index in [0.717, 1.165) is 44.4 Å². The number of para-hydroxylation sites is 1. The number of anilines is 1. The van der Waals surface area contributed by atoms with Gasteiger partial charge in [-0.15, -0.1) is 0 Å². The standard InChI is InChI=1S/C30H23ClN4O4S/c1-18-23(22-9-5-6-10-25(22)34(18)16-20-8-4-3-7-19(20)15-32)14-27-29(37)35(30(38)40-27)17-28(36)33-21-11-12-26(39-2)24(31)13-21/h3-14H,16-17H2,1-2H3,(H,33,36)/b27-14-. The van der Waals surface area contributed by atoms with Gasteiger partial charge in [0.1, 0.15) is 12.3 Å². The molecule has 1 N–H and O–H groups in total. The van der Waals surface area contributed by atoms with Crippen molar-refractivity contribution in [2.75, 3.05) is 19.0 Å². The van der Waals surface area contributed by atoms with Gasteiger partial charge >= 0.3 is 0 Å². The van der Waals surface area contributed by atoms with Gasteiger partial charge in [0, 0.05) is 34.4 Å². The Kier molecular flexibility index (Phi) is 7.65. The number of ether oxygens (including phenoxy) is 1. The van der Waals surface area contributed by atoms with Crippen LogP contribution in [0.15, 0.2) is 71.6 Å². The van der Waals surface area contributed by atoms with Crippen LogP contribution in [0.3, 0.4) is 0 Å². The van der Waals surface area contributed by atoms with E-state index in [1.807, 2.05) is 49.4 Å². The minimum absolute atomic E-state index is 0.230. The van der Waals surface area contributed by atoms with Crippen LogP contribution in [0.4, 0.5) is 10.5 Å². The second-order valence-electron chi connectivity index (χ2n) is 9.04. The maximum Gasteiger partial charge on any atom is 0.294 e. The van der Waals surface area contributed by atoms with Crippen molar-refractivity contribution in [2.24, 2.45) is 0 Å². The minimum atomic E-state index is -0.538. The smallest absolute Gasteiger partial charge is 0.294 e. The van der Waals surface area contributed by atoms with E-state index >= 15 is 0 Å². The molecule has 2 heterocycles. The molecule has 1 fully saturated rings. The molecule has 0 radical (unpaired) electrons. The number of aromatic nitrogens is 1. The number of amides is 3. The second-order valence-corrected chi connectivity index (χ2v) is 10.4. The number of carbonyl (C=O) groups excluding carboxylic acids is 3. The Balaban J connectivity index is 1.40. The maximum atomic E-state index is 13.2. The van der Waals surface area contributed by atoms with Crippen LogP contribution in [0, 0.1) is 18.3 Å². The number of nitrogens with one attached hydrogen (secondary N) is 1. The third-order valence-electron chi connectivity index (χ3n) is 6.63. The lowest BCUT2D eigenvalue weighted by molar-refractivity contribution is -0.127. The van der Waals surface area contributed by atoms with Crippen molar-refractivity contribution in [3.63, 3.8) is 0 Å². The number of methoxy groups -OCH3 is 1. The summed E-state index contributed by atoms with van der Waals surface area (Å²) >= 11 is 6.92. The quantitative estimate of drug-likeness (QED) is 0.265. The van der Waals surface area contributed by atoms with Gasteiger partial charge in [-0.2, -0.15) is 5.26 Å². The third-order valence-corrected chi connectivity index (χ3v) is 7.84. The van der Waals surface area contributed by atoms with E-state index in [0.29, 0.717) is 28.6 Å². The number of imide groups is 1. The summed E-state index contributed by atoms with van der Waals surface area (Å²) in [6.45, 7) is 1.98. The number of benzene rings is 3. The van der Waals surface area contributed by atoms with Crippen molar-refractivity contribution in [3.8, 4) is 11.8 Å². The Hall–Kier alpha value is -4.52. The van der Waals surface area contributed by atoms with Crippen LogP contribution >= 0.6 is 23.4 Å². The molecule has 1 saturated heterocycles. The molecule has 40 heavy (non-hydrogen) atoms. The van der Waals surface area contributed by atoms with Crippen molar-refractivity contribution < 1.29 is 19.1 Å². The first kappa shape index (κ1) is 27.1. The molecule has 0 aliphatic carbocycles. The molecule has 0 saturated carbocycles. The van der Waals surface area contributed by atoms with E-state index in [2.05, 4.69) is 16.0 Å². The Morgan fingerprint density at radius 3 is 2.62 bits per heavy atom. The molecule has 1 aliphatic heterocycles. The molecule has 0 atom stereocenters. The van der Waals surface area contributed by atoms with E-state index in [-0.39, 0.29) is 4.91 Å².